The van der Waals surface area contributed by atoms with E-state index < -0.39 is 18.3 Å². The summed E-state index contributed by atoms with van der Waals surface area (Å²) >= 11 is 0.988. The van der Waals surface area contributed by atoms with Gasteiger partial charge in [-0.2, -0.15) is 13.2 Å². The number of nitrogens with zero attached hydrogens (tertiary/aromatic N) is 1. The lowest BCUT2D eigenvalue weighted by Crippen LogP contribution is -2.48. The molecule has 1 aliphatic rings. The van der Waals surface area contributed by atoms with Gasteiger partial charge in [0, 0.05) is 6.42 Å². The van der Waals surface area contributed by atoms with E-state index in [0.29, 0.717) is 0 Å². The third-order valence-corrected chi connectivity index (χ3v) is 5.53. The fourth-order valence-corrected chi connectivity index (χ4v) is 3.86. The Morgan fingerprint density at radius 2 is 1.79 bits per heavy atom. The van der Waals surface area contributed by atoms with Crippen molar-refractivity contribution in [1.29, 1.82) is 0 Å². The molecule has 1 aliphatic heterocycles. The minimum absolute atomic E-state index is 0.0188. The molecule has 154 valence electrons. The van der Waals surface area contributed by atoms with Crippen molar-refractivity contribution in [3.05, 3.63) is 71.8 Å². The molecule has 0 aliphatic carbocycles. The van der Waals surface area contributed by atoms with Gasteiger partial charge in [0.25, 0.3) is 0 Å². The van der Waals surface area contributed by atoms with Crippen molar-refractivity contribution in [2.45, 2.75) is 37.6 Å². The van der Waals surface area contributed by atoms with Crippen molar-refractivity contribution in [3.63, 3.8) is 0 Å². The molecule has 3 rings (SSSR count). The molecule has 0 unspecified atom stereocenters. The number of aliphatic imine (C=N–C) groups is 1. The summed E-state index contributed by atoms with van der Waals surface area (Å²) in [4.78, 5) is 16.7. The van der Waals surface area contributed by atoms with Gasteiger partial charge in [-0.25, -0.2) is 0 Å². The Morgan fingerprint density at radius 3 is 2.41 bits per heavy atom. The number of carbonyl (C=O) groups is 1. The number of alkyl halides is 3. The zero-order valence-corrected chi connectivity index (χ0v) is 16.6. The second-order valence-corrected chi connectivity index (χ2v) is 7.79. The second kappa shape index (κ2) is 9.35. The van der Waals surface area contributed by atoms with Crippen LogP contribution in [0.3, 0.4) is 0 Å². The van der Waals surface area contributed by atoms with E-state index >= 15 is 0 Å². The Kier molecular flexibility index (Phi) is 6.84. The molecule has 2 aromatic carbocycles. The normalized spacial score (nSPS) is 20.3. The molecule has 0 bridgehead atoms. The summed E-state index contributed by atoms with van der Waals surface area (Å²) in [6.45, 7) is 1.86. The number of hydrogen-bond donors (Lipinski definition) is 2. The predicted octanol–water partition coefficient (Wildman–Crippen LogP) is 4.62. The molecule has 0 saturated carbocycles. The van der Waals surface area contributed by atoms with Crippen molar-refractivity contribution in [1.82, 2.24) is 10.6 Å². The largest absolute Gasteiger partial charge is 0.408 e. The van der Waals surface area contributed by atoms with Crippen molar-refractivity contribution in [2.24, 2.45) is 4.99 Å². The van der Waals surface area contributed by atoms with Gasteiger partial charge >= 0.3 is 6.18 Å². The average Bonchev–Trinajstić information content (AvgIpc) is 2.72. The molecule has 0 spiro atoms. The first-order valence-electron chi connectivity index (χ1n) is 9.26. The van der Waals surface area contributed by atoms with Crippen molar-refractivity contribution in [2.75, 3.05) is 5.75 Å². The van der Waals surface area contributed by atoms with Crippen molar-refractivity contribution in [3.8, 4) is 0 Å². The Labute approximate surface area is 172 Å². The van der Waals surface area contributed by atoms with Crippen LogP contribution in [0.1, 0.15) is 36.6 Å². The highest BCUT2D eigenvalue weighted by atomic mass is 32.2. The highest BCUT2D eigenvalue weighted by molar-refractivity contribution is 8.14. The summed E-state index contributed by atoms with van der Waals surface area (Å²) in [7, 11) is 0. The number of thioether (sulfide) groups is 1. The summed E-state index contributed by atoms with van der Waals surface area (Å²) in [6.07, 6.45) is -4.56. The van der Waals surface area contributed by atoms with Crippen LogP contribution in [0.4, 0.5) is 13.2 Å². The lowest BCUT2D eigenvalue weighted by atomic mass is 9.98. The molecule has 3 atom stereocenters. The van der Waals surface area contributed by atoms with Crippen LogP contribution in [0.15, 0.2) is 65.7 Å². The van der Waals surface area contributed by atoms with Crippen LogP contribution >= 0.6 is 11.8 Å². The third-order valence-electron chi connectivity index (χ3n) is 4.63. The Balaban J connectivity index is 1.64. The summed E-state index contributed by atoms with van der Waals surface area (Å²) < 4.78 is 40.1. The van der Waals surface area contributed by atoms with Crippen molar-refractivity contribution >= 4 is 22.8 Å². The number of halogens is 3. The molecular weight excluding hydrogens is 399 g/mol. The Bertz CT molecular complexity index is 843. The molecule has 0 aromatic heterocycles. The molecule has 0 fully saturated rings. The van der Waals surface area contributed by atoms with Crippen LogP contribution in [0.2, 0.25) is 0 Å². The number of hydrogen-bond acceptors (Lipinski definition) is 4. The van der Waals surface area contributed by atoms with E-state index in [0.717, 1.165) is 22.9 Å². The van der Waals surface area contributed by atoms with Crippen LogP contribution in [0, 0.1) is 0 Å². The lowest BCUT2D eigenvalue weighted by molar-refractivity contribution is -0.155. The van der Waals surface area contributed by atoms with E-state index in [1.54, 1.807) is 24.3 Å². The highest BCUT2D eigenvalue weighted by Gasteiger charge is 2.43. The molecule has 1 heterocycles. The highest BCUT2D eigenvalue weighted by Crippen LogP contribution is 2.34. The van der Waals surface area contributed by atoms with Gasteiger partial charge in [-0.05, 0) is 18.1 Å². The lowest BCUT2D eigenvalue weighted by Gasteiger charge is -2.31. The smallest absolute Gasteiger partial charge is 0.353 e. The maximum absolute atomic E-state index is 13.4. The zero-order valence-electron chi connectivity index (χ0n) is 15.8. The summed E-state index contributed by atoms with van der Waals surface area (Å²) in [5, 5.41) is 5.43. The number of benzene rings is 2. The number of carbonyl (C=O) groups excluding carboxylic acids is 1. The molecule has 0 saturated heterocycles. The first-order valence-corrected chi connectivity index (χ1v) is 10.2. The molecule has 8 heteroatoms. The molecule has 2 N–H and O–H groups in total. The fourth-order valence-electron chi connectivity index (χ4n) is 3.09. The van der Waals surface area contributed by atoms with Gasteiger partial charge in [0.1, 0.15) is 6.04 Å². The van der Waals surface area contributed by atoms with E-state index in [9.17, 15) is 18.0 Å². The topological polar surface area (TPSA) is 53.5 Å². The number of amides is 1. The molecule has 1 amide bonds. The number of nitrogens with one attached hydrogen (secondary N) is 2. The van der Waals surface area contributed by atoms with Crippen LogP contribution in [0.5, 0.6) is 0 Å². The van der Waals surface area contributed by atoms with Gasteiger partial charge in [-0.1, -0.05) is 72.4 Å². The molecular formula is C21H22F3N3OS. The first kappa shape index (κ1) is 21.2. The average molecular weight is 421 g/mol. The Hall–Kier alpha value is -2.48. The number of amidine groups is 1. The second-order valence-electron chi connectivity index (χ2n) is 6.82. The van der Waals surface area contributed by atoms with Gasteiger partial charge < -0.3 is 10.6 Å². The van der Waals surface area contributed by atoms with Crippen LogP contribution in [-0.4, -0.2) is 29.0 Å². The summed E-state index contributed by atoms with van der Waals surface area (Å²) in [5.74, 6) is -0.281. The van der Waals surface area contributed by atoms with Crippen LogP contribution < -0.4 is 10.6 Å². The van der Waals surface area contributed by atoms with E-state index in [1.165, 1.54) is 0 Å². The van der Waals surface area contributed by atoms with Gasteiger partial charge in [-0.3, -0.25) is 9.79 Å². The van der Waals surface area contributed by atoms with Crippen molar-refractivity contribution < 1.29 is 18.0 Å². The monoisotopic (exact) mass is 421 g/mol. The van der Waals surface area contributed by atoms with Crippen LogP contribution in [-0.2, 0) is 4.79 Å². The molecule has 0 radical (unpaired) electrons. The predicted molar refractivity (Wildman–Crippen MR) is 110 cm³/mol. The Morgan fingerprint density at radius 1 is 1.17 bits per heavy atom. The van der Waals surface area contributed by atoms with Gasteiger partial charge in [0.2, 0.25) is 5.91 Å². The molecule has 4 nitrogen and oxygen atoms in total. The fraction of sp³-hybridized carbons (Fsp3) is 0.333. The molecule has 2 aromatic rings. The van der Waals surface area contributed by atoms with E-state index in [4.69, 9.17) is 0 Å². The van der Waals surface area contributed by atoms with Gasteiger partial charge in [0.15, 0.2) is 5.17 Å². The summed E-state index contributed by atoms with van der Waals surface area (Å²) in [5.41, 5.74) is 1.68. The quantitative estimate of drug-likeness (QED) is 0.741. The maximum Gasteiger partial charge on any atom is 0.408 e. The minimum Gasteiger partial charge on any atom is -0.353 e. The summed E-state index contributed by atoms with van der Waals surface area (Å²) in [6, 6.07) is 15.9. The van der Waals surface area contributed by atoms with Gasteiger partial charge in [-0.15, -0.1) is 0 Å². The van der Waals surface area contributed by atoms with E-state index in [2.05, 4.69) is 15.6 Å². The standard InChI is InChI=1S/C21H22F3N3OS/c1-14(15-8-4-2-5-9-15)25-19(28)13-29-20-26-17(16-10-6-3-7-11-16)12-18(27-20)21(22,23)24/h2-11,14,17-18H,12-13H2,1H3,(H,25,28)(H,26,27)/t14-,17+,18+/m0/s1. The molecule has 29 heavy (non-hydrogen) atoms. The van der Waals surface area contributed by atoms with E-state index in [1.807, 2.05) is 43.3 Å². The van der Waals surface area contributed by atoms with Crippen LogP contribution in [0.25, 0.3) is 0 Å². The van der Waals surface area contributed by atoms with Gasteiger partial charge in [0.05, 0.1) is 17.8 Å². The number of rotatable bonds is 5. The first-order chi connectivity index (χ1) is 13.8. The maximum atomic E-state index is 13.4. The minimum atomic E-state index is -4.39. The van der Waals surface area contributed by atoms with E-state index in [-0.39, 0.29) is 29.3 Å². The zero-order chi connectivity index (χ0) is 20.9. The SMILES string of the molecule is C[C@H](NC(=O)CSC1=N[C@@H](c2ccccc2)C[C@H](C(F)(F)F)N1)c1ccccc1. The third kappa shape index (κ3) is 6.00.